The van der Waals surface area contributed by atoms with Crippen molar-refractivity contribution in [2.75, 3.05) is 13.6 Å². The Hall–Kier alpha value is -0.0800. The van der Waals surface area contributed by atoms with Gasteiger partial charge in [0.1, 0.15) is 0 Å². The molecule has 2 nitrogen and oxygen atoms in total. The van der Waals surface area contributed by atoms with E-state index in [1.807, 2.05) is 0 Å². The summed E-state index contributed by atoms with van der Waals surface area (Å²) >= 11 is 0. The Labute approximate surface area is 120 Å². The van der Waals surface area contributed by atoms with Crippen LogP contribution in [0.3, 0.4) is 0 Å². The van der Waals surface area contributed by atoms with Gasteiger partial charge in [-0.15, -0.1) is 0 Å². The van der Waals surface area contributed by atoms with Gasteiger partial charge in [-0.2, -0.15) is 0 Å². The Kier molecular flexibility index (Phi) is 5.70. The van der Waals surface area contributed by atoms with Gasteiger partial charge >= 0.3 is 0 Å². The molecule has 3 atom stereocenters. The lowest BCUT2D eigenvalue weighted by atomic mass is 9.75. The van der Waals surface area contributed by atoms with Crippen molar-refractivity contribution in [1.82, 2.24) is 10.2 Å². The van der Waals surface area contributed by atoms with Gasteiger partial charge in [-0.05, 0) is 64.0 Å². The third kappa shape index (κ3) is 3.72. The Bertz CT molecular complexity index is 260. The number of likely N-dealkylation sites (N-methyl/N-ethyl adjacent to an activating group) is 1. The molecule has 19 heavy (non-hydrogen) atoms. The molecule has 0 radical (unpaired) electrons. The van der Waals surface area contributed by atoms with Crippen molar-refractivity contribution < 1.29 is 0 Å². The van der Waals surface area contributed by atoms with Gasteiger partial charge < -0.3 is 5.32 Å². The van der Waals surface area contributed by atoms with Gasteiger partial charge in [0.15, 0.2) is 0 Å². The van der Waals surface area contributed by atoms with Crippen molar-refractivity contribution in [2.45, 2.75) is 83.8 Å². The highest BCUT2D eigenvalue weighted by molar-refractivity contribution is 4.94. The molecule has 2 heteroatoms. The van der Waals surface area contributed by atoms with Crippen LogP contribution >= 0.6 is 0 Å². The molecule has 3 unspecified atom stereocenters. The fourth-order valence-corrected chi connectivity index (χ4v) is 3.87. The maximum atomic E-state index is 3.82. The van der Waals surface area contributed by atoms with E-state index in [4.69, 9.17) is 0 Å². The molecule has 0 aromatic rings. The maximum Gasteiger partial charge on any atom is 0.0251 e. The summed E-state index contributed by atoms with van der Waals surface area (Å²) in [4.78, 5) is 2.73. The van der Waals surface area contributed by atoms with E-state index >= 15 is 0 Å². The van der Waals surface area contributed by atoms with Crippen LogP contribution < -0.4 is 5.32 Å². The zero-order valence-electron chi connectivity index (χ0n) is 13.5. The Morgan fingerprint density at radius 2 is 1.89 bits per heavy atom. The second-order valence-corrected chi connectivity index (χ2v) is 7.20. The van der Waals surface area contributed by atoms with Crippen molar-refractivity contribution in [1.29, 1.82) is 0 Å². The third-order valence-electron chi connectivity index (χ3n) is 5.63. The van der Waals surface area contributed by atoms with E-state index in [-0.39, 0.29) is 0 Å². The highest BCUT2D eigenvalue weighted by Gasteiger charge is 2.37. The predicted octanol–water partition coefficient (Wildman–Crippen LogP) is 3.66. The molecule has 0 aliphatic heterocycles. The average Bonchev–Trinajstić information content (AvgIpc) is 2.33. The zero-order valence-corrected chi connectivity index (χ0v) is 13.5. The molecule has 0 saturated heterocycles. The second kappa shape index (κ2) is 7.08. The molecule has 1 N–H and O–H groups in total. The predicted molar refractivity (Wildman–Crippen MR) is 83.5 cm³/mol. The number of hydrogen-bond acceptors (Lipinski definition) is 2. The van der Waals surface area contributed by atoms with Gasteiger partial charge in [-0.25, -0.2) is 0 Å². The Morgan fingerprint density at radius 3 is 2.42 bits per heavy atom. The second-order valence-electron chi connectivity index (χ2n) is 7.20. The highest BCUT2D eigenvalue weighted by Crippen LogP contribution is 2.35. The molecule has 2 aliphatic carbocycles. The molecule has 112 valence electrons. The summed E-state index contributed by atoms with van der Waals surface area (Å²) in [6.45, 7) is 8.28. The zero-order chi connectivity index (χ0) is 13.8. The minimum absolute atomic E-state index is 0.737. The number of rotatable bonds is 6. The van der Waals surface area contributed by atoms with Crippen LogP contribution in [0.25, 0.3) is 0 Å². The first-order valence-electron chi connectivity index (χ1n) is 8.58. The minimum Gasteiger partial charge on any atom is -0.312 e. The minimum atomic E-state index is 0.737. The SMILES string of the molecule is CCCNC1CCC(C(C)C)CC1N(C)C1CCC1. The van der Waals surface area contributed by atoms with E-state index in [9.17, 15) is 0 Å². The molecule has 0 aromatic heterocycles. The van der Waals surface area contributed by atoms with Crippen molar-refractivity contribution in [2.24, 2.45) is 11.8 Å². The van der Waals surface area contributed by atoms with Crippen LogP contribution in [0.4, 0.5) is 0 Å². The van der Waals surface area contributed by atoms with Crippen molar-refractivity contribution >= 4 is 0 Å². The molecule has 0 spiro atoms. The summed E-state index contributed by atoms with van der Waals surface area (Å²) < 4.78 is 0. The van der Waals surface area contributed by atoms with Crippen LogP contribution in [0.2, 0.25) is 0 Å². The molecule has 0 bridgehead atoms. The van der Waals surface area contributed by atoms with E-state index in [2.05, 4.69) is 38.0 Å². The van der Waals surface area contributed by atoms with Gasteiger partial charge in [0.05, 0.1) is 0 Å². The molecule has 2 aliphatic rings. The summed E-state index contributed by atoms with van der Waals surface area (Å²) in [5.41, 5.74) is 0. The van der Waals surface area contributed by atoms with Gasteiger partial charge in [0.25, 0.3) is 0 Å². The van der Waals surface area contributed by atoms with Crippen molar-refractivity contribution in [3.63, 3.8) is 0 Å². The number of nitrogens with zero attached hydrogens (tertiary/aromatic N) is 1. The first-order valence-corrected chi connectivity index (χ1v) is 8.58. The molecule has 0 aromatic carbocycles. The summed E-state index contributed by atoms with van der Waals surface area (Å²) in [6, 6.07) is 2.39. The first kappa shape index (κ1) is 15.3. The fourth-order valence-electron chi connectivity index (χ4n) is 3.87. The van der Waals surface area contributed by atoms with Gasteiger partial charge in [0.2, 0.25) is 0 Å². The van der Waals surface area contributed by atoms with Crippen LogP contribution in [0.5, 0.6) is 0 Å². The number of hydrogen-bond donors (Lipinski definition) is 1. The lowest BCUT2D eigenvalue weighted by molar-refractivity contribution is 0.0426. The summed E-state index contributed by atoms with van der Waals surface area (Å²) in [5.74, 6) is 1.79. The van der Waals surface area contributed by atoms with Crippen LogP contribution in [-0.4, -0.2) is 36.6 Å². The average molecular weight is 266 g/mol. The molecular formula is C17H34N2. The fraction of sp³-hybridized carbons (Fsp3) is 1.00. The van der Waals surface area contributed by atoms with Crippen LogP contribution in [0.1, 0.15) is 65.7 Å². The van der Waals surface area contributed by atoms with Crippen molar-refractivity contribution in [3.8, 4) is 0 Å². The van der Waals surface area contributed by atoms with E-state index in [1.165, 1.54) is 51.5 Å². The molecule has 2 saturated carbocycles. The quantitative estimate of drug-likeness (QED) is 0.789. The molecule has 0 heterocycles. The highest BCUT2D eigenvalue weighted by atomic mass is 15.2. The monoisotopic (exact) mass is 266 g/mol. The van der Waals surface area contributed by atoms with E-state index in [0.717, 1.165) is 30.0 Å². The maximum absolute atomic E-state index is 3.82. The van der Waals surface area contributed by atoms with Crippen LogP contribution in [-0.2, 0) is 0 Å². The molecule has 2 fully saturated rings. The summed E-state index contributed by atoms with van der Waals surface area (Å²) in [6.07, 6.45) is 9.77. The first-order chi connectivity index (χ1) is 9.13. The third-order valence-corrected chi connectivity index (χ3v) is 5.63. The normalized spacial score (nSPS) is 32.8. The Morgan fingerprint density at radius 1 is 1.16 bits per heavy atom. The smallest absolute Gasteiger partial charge is 0.0251 e. The molecule has 2 rings (SSSR count). The van der Waals surface area contributed by atoms with Gasteiger partial charge in [-0.3, -0.25) is 4.90 Å². The van der Waals surface area contributed by atoms with E-state index in [0.29, 0.717) is 0 Å². The lowest BCUT2D eigenvalue weighted by Gasteiger charge is -2.48. The molecule has 0 amide bonds. The van der Waals surface area contributed by atoms with Gasteiger partial charge in [-0.1, -0.05) is 27.2 Å². The molecular weight excluding hydrogens is 232 g/mol. The largest absolute Gasteiger partial charge is 0.312 e. The van der Waals surface area contributed by atoms with Gasteiger partial charge in [0, 0.05) is 18.1 Å². The lowest BCUT2D eigenvalue weighted by Crippen LogP contribution is -2.56. The summed E-state index contributed by atoms with van der Waals surface area (Å²) in [7, 11) is 2.39. The summed E-state index contributed by atoms with van der Waals surface area (Å²) in [5, 5.41) is 3.82. The Balaban J connectivity index is 1.97. The van der Waals surface area contributed by atoms with Crippen molar-refractivity contribution in [3.05, 3.63) is 0 Å². The topological polar surface area (TPSA) is 15.3 Å². The van der Waals surface area contributed by atoms with Crippen LogP contribution in [0, 0.1) is 11.8 Å². The number of nitrogens with one attached hydrogen (secondary N) is 1. The van der Waals surface area contributed by atoms with E-state index < -0.39 is 0 Å². The van der Waals surface area contributed by atoms with Crippen LogP contribution in [0.15, 0.2) is 0 Å². The van der Waals surface area contributed by atoms with E-state index in [1.54, 1.807) is 0 Å². The standard InChI is InChI=1S/C17H34N2/c1-5-11-18-16-10-9-14(13(2)3)12-17(16)19(4)15-7-6-8-15/h13-18H,5-12H2,1-4H3.